The second-order valence-corrected chi connectivity index (χ2v) is 7.61. The van der Waals surface area contributed by atoms with E-state index in [0.717, 1.165) is 0 Å². The third-order valence-electron chi connectivity index (χ3n) is 2.97. The monoisotopic (exact) mass is 330 g/mol. The number of amides is 2. The van der Waals surface area contributed by atoms with E-state index in [2.05, 4.69) is 5.32 Å². The number of carboxylic acid groups (broad SMARTS) is 1. The van der Waals surface area contributed by atoms with Gasteiger partial charge in [-0.15, -0.1) is 0 Å². The van der Waals surface area contributed by atoms with Crippen LogP contribution in [0.4, 0.5) is 9.59 Å². The molecule has 0 aromatic heterocycles. The number of aliphatic carboxylic acids is 1. The summed E-state index contributed by atoms with van der Waals surface area (Å²) in [7, 11) is 0. The molecular weight excluding hydrogens is 304 g/mol. The maximum Gasteiger partial charge on any atom is 0.410 e. The molecule has 8 heteroatoms. The number of ether oxygens (including phenoxy) is 2. The molecule has 1 saturated heterocycles. The van der Waals surface area contributed by atoms with E-state index in [1.165, 1.54) is 4.90 Å². The average Bonchev–Trinajstić information content (AvgIpc) is 2.19. The van der Waals surface area contributed by atoms with Crippen molar-refractivity contribution in [3.8, 4) is 0 Å². The van der Waals surface area contributed by atoms with Crippen LogP contribution in [0.25, 0.3) is 0 Å². The zero-order valence-corrected chi connectivity index (χ0v) is 14.5. The number of hydrogen-bond donors (Lipinski definition) is 2. The van der Waals surface area contributed by atoms with Crippen molar-refractivity contribution in [2.75, 3.05) is 13.1 Å². The summed E-state index contributed by atoms with van der Waals surface area (Å²) in [6, 6.07) is -1.11. The Morgan fingerprint density at radius 1 is 1.04 bits per heavy atom. The quantitative estimate of drug-likeness (QED) is 0.818. The van der Waals surface area contributed by atoms with E-state index >= 15 is 0 Å². The maximum absolute atomic E-state index is 11.8. The Labute approximate surface area is 136 Å². The van der Waals surface area contributed by atoms with E-state index in [1.54, 1.807) is 41.5 Å². The Hall–Kier alpha value is -1.99. The Kier molecular flexibility index (Phi) is 5.50. The summed E-state index contributed by atoms with van der Waals surface area (Å²) in [6.07, 6.45) is -1.28. The maximum atomic E-state index is 11.8. The molecule has 2 amide bonds. The topological polar surface area (TPSA) is 105 Å². The molecule has 1 aliphatic rings. The highest BCUT2D eigenvalue weighted by Crippen LogP contribution is 2.23. The summed E-state index contributed by atoms with van der Waals surface area (Å²) in [5.41, 5.74) is -1.32. The normalized spacial score (nSPS) is 17.0. The average molecular weight is 330 g/mol. The first kappa shape index (κ1) is 19.1. The van der Waals surface area contributed by atoms with Gasteiger partial charge in [-0.25, -0.2) is 14.4 Å². The van der Waals surface area contributed by atoms with E-state index in [-0.39, 0.29) is 19.0 Å². The van der Waals surface area contributed by atoms with Gasteiger partial charge in [0.25, 0.3) is 0 Å². The van der Waals surface area contributed by atoms with E-state index in [0.29, 0.717) is 0 Å². The van der Waals surface area contributed by atoms with Crippen molar-refractivity contribution in [1.82, 2.24) is 10.2 Å². The van der Waals surface area contributed by atoms with Crippen LogP contribution in [0.2, 0.25) is 0 Å². The van der Waals surface area contributed by atoms with Crippen LogP contribution >= 0.6 is 0 Å². The molecule has 8 nitrogen and oxygen atoms in total. The number of carbonyl (C=O) groups is 3. The van der Waals surface area contributed by atoms with Gasteiger partial charge in [0.05, 0.1) is 0 Å². The van der Waals surface area contributed by atoms with Crippen LogP contribution in [0.5, 0.6) is 0 Å². The van der Waals surface area contributed by atoms with Gasteiger partial charge in [0, 0.05) is 19.0 Å². The van der Waals surface area contributed by atoms with E-state index in [9.17, 15) is 19.5 Å². The number of nitrogens with one attached hydrogen (secondary N) is 1. The molecule has 0 unspecified atom stereocenters. The third-order valence-corrected chi connectivity index (χ3v) is 2.97. The van der Waals surface area contributed by atoms with Crippen LogP contribution in [-0.4, -0.2) is 58.5 Å². The highest BCUT2D eigenvalue weighted by atomic mass is 16.6. The molecular formula is C15H26N2O6. The van der Waals surface area contributed by atoms with Gasteiger partial charge >= 0.3 is 18.2 Å². The van der Waals surface area contributed by atoms with Gasteiger partial charge in [-0.1, -0.05) is 0 Å². The van der Waals surface area contributed by atoms with Crippen LogP contribution in [0.15, 0.2) is 0 Å². The molecule has 1 atom stereocenters. The molecule has 1 heterocycles. The van der Waals surface area contributed by atoms with Gasteiger partial charge in [-0.2, -0.15) is 0 Å². The van der Waals surface area contributed by atoms with Crippen molar-refractivity contribution < 1.29 is 29.0 Å². The SMILES string of the molecule is CC(C)(C)OC(=O)N[C@H](C(=O)O)C1CN(C(=O)OC(C)(C)C)C1. The van der Waals surface area contributed by atoms with Crippen molar-refractivity contribution in [3.05, 3.63) is 0 Å². The lowest BCUT2D eigenvalue weighted by Crippen LogP contribution is -2.61. The van der Waals surface area contributed by atoms with E-state index in [1.807, 2.05) is 0 Å². The smallest absolute Gasteiger partial charge is 0.410 e. The molecule has 0 bridgehead atoms. The fourth-order valence-corrected chi connectivity index (χ4v) is 2.01. The summed E-state index contributed by atoms with van der Waals surface area (Å²) in [5, 5.41) is 11.6. The minimum Gasteiger partial charge on any atom is -0.480 e. The fourth-order valence-electron chi connectivity index (χ4n) is 2.01. The van der Waals surface area contributed by atoms with Crippen molar-refractivity contribution in [2.45, 2.75) is 58.8 Å². The van der Waals surface area contributed by atoms with Crippen LogP contribution in [0.3, 0.4) is 0 Å². The number of likely N-dealkylation sites (tertiary alicyclic amines) is 1. The van der Waals surface area contributed by atoms with Crippen LogP contribution in [0.1, 0.15) is 41.5 Å². The number of rotatable bonds is 3. The standard InChI is InChI=1S/C15H26N2O6/c1-14(2,3)22-12(20)16-10(11(18)19)9-7-17(8-9)13(21)23-15(4,5)6/h9-10H,7-8H2,1-6H3,(H,16,20)(H,18,19)/t10-/m0/s1. The van der Waals surface area contributed by atoms with Gasteiger partial charge in [-0.05, 0) is 41.5 Å². The first-order chi connectivity index (χ1) is 10.3. The lowest BCUT2D eigenvalue weighted by atomic mass is 9.92. The summed E-state index contributed by atoms with van der Waals surface area (Å²) in [4.78, 5) is 36.3. The fraction of sp³-hybridized carbons (Fsp3) is 0.800. The van der Waals surface area contributed by atoms with Gasteiger partial charge in [0.15, 0.2) is 0 Å². The summed E-state index contributed by atoms with van der Waals surface area (Å²) < 4.78 is 10.3. The van der Waals surface area contributed by atoms with E-state index < -0.39 is 35.4 Å². The van der Waals surface area contributed by atoms with Gasteiger partial charge in [-0.3, -0.25) is 0 Å². The first-order valence-corrected chi connectivity index (χ1v) is 7.49. The predicted molar refractivity (Wildman–Crippen MR) is 82.1 cm³/mol. The van der Waals surface area contributed by atoms with Crippen LogP contribution < -0.4 is 5.32 Å². The summed E-state index contributed by atoms with van der Waals surface area (Å²) >= 11 is 0. The second kappa shape index (κ2) is 6.64. The summed E-state index contributed by atoms with van der Waals surface area (Å²) in [6.45, 7) is 10.8. The third kappa shape index (κ3) is 6.33. The molecule has 1 rings (SSSR count). The number of carboxylic acids is 1. The molecule has 23 heavy (non-hydrogen) atoms. The molecule has 0 radical (unpaired) electrons. The van der Waals surface area contributed by atoms with Crippen LogP contribution in [-0.2, 0) is 14.3 Å². The molecule has 0 aromatic rings. The number of hydrogen-bond acceptors (Lipinski definition) is 5. The van der Waals surface area contributed by atoms with Crippen molar-refractivity contribution in [2.24, 2.45) is 5.92 Å². The van der Waals surface area contributed by atoms with Crippen LogP contribution in [0, 0.1) is 5.92 Å². The lowest BCUT2D eigenvalue weighted by Gasteiger charge is -2.42. The largest absolute Gasteiger partial charge is 0.480 e. The van der Waals surface area contributed by atoms with Gasteiger partial charge in [0.1, 0.15) is 17.2 Å². The Bertz CT molecular complexity index is 471. The minimum atomic E-state index is -1.16. The van der Waals surface area contributed by atoms with Gasteiger partial charge < -0.3 is 24.8 Å². The Morgan fingerprint density at radius 2 is 1.52 bits per heavy atom. The Morgan fingerprint density at radius 3 is 1.91 bits per heavy atom. The minimum absolute atomic E-state index is 0.210. The molecule has 2 N–H and O–H groups in total. The Balaban J connectivity index is 2.55. The van der Waals surface area contributed by atoms with Gasteiger partial charge in [0.2, 0.25) is 0 Å². The number of alkyl carbamates (subject to hydrolysis) is 1. The molecule has 0 aromatic carbocycles. The zero-order valence-electron chi connectivity index (χ0n) is 14.5. The van der Waals surface area contributed by atoms with Crippen molar-refractivity contribution in [3.63, 3.8) is 0 Å². The zero-order chi connectivity index (χ0) is 18.0. The first-order valence-electron chi connectivity index (χ1n) is 7.49. The lowest BCUT2D eigenvalue weighted by molar-refractivity contribution is -0.143. The second-order valence-electron chi connectivity index (χ2n) is 7.61. The molecule has 1 aliphatic heterocycles. The highest BCUT2D eigenvalue weighted by molar-refractivity contribution is 5.81. The highest BCUT2D eigenvalue weighted by Gasteiger charge is 2.42. The molecule has 0 saturated carbocycles. The summed E-state index contributed by atoms with van der Waals surface area (Å²) in [5.74, 6) is -1.54. The number of carbonyl (C=O) groups excluding carboxylic acids is 2. The molecule has 0 spiro atoms. The molecule has 1 fully saturated rings. The van der Waals surface area contributed by atoms with Crippen molar-refractivity contribution >= 4 is 18.2 Å². The predicted octanol–water partition coefficient (Wildman–Crippen LogP) is 1.83. The van der Waals surface area contributed by atoms with E-state index in [4.69, 9.17) is 9.47 Å². The number of nitrogens with zero attached hydrogens (tertiary/aromatic N) is 1. The molecule has 132 valence electrons. The van der Waals surface area contributed by atoms with Crippen molar-refractivity contribution in [1.29, 1.82) is 0 Å². The molecule has 0 aliphatic carbocycles.